The van der Waals surface area contributed by atoms with E-state index in [1.807, 2.05) is 6.92 Å². The molecule has 0 spiro atoms. The van der Waals surface area contributed by atoms with Crippen molar-refractivity contribution in [1.29, 1.82) is 0 Å². The first-order chi connectivity index (χ1) is 5.80. The maximum absolute atomic E-state index is 12.1. The number of hydrogen-bond donors (Lipinski definition) is 0. The summed E-state index contributed by atoms with van der Waals surface area (Å²) in [5, 5.41) is 0. The van der Waals surface area contributed by atoms with Crippen LogP contribution in [0, 0.1) is 0 Å². The summed E-state index contributed by atoms with van der Waals surface area (Å²) in [6.07, 6.45) is 0. The van der Waals surface area contributed by atoms with E-state index in [4.69, 9.17) is 4.52 Å². The van der Waals surface area contributed by atoms with Gasteiger partial charge in [0.25, 0.3) is 0 Å². The van der Waals surface area contributed by atoms with E-state index in [2.05, 4.69) is 6.58 Å². The normalized spacial score (nSPS) is 12.5. The largest absolute Gasteiger partial charge is 0.345 e. The number of nitrogens with zero attached hydrogens (tertiary/aromatic N) is 2. The Morgan fingerprint density at radius 2 is 1.69 bits per heavy atom. The fourth-order valence-electron chi connectivity index (χ4n) is 0.783. The SMILES string of the molecule is C=C(C)COP(=O)(N(C)C)N(C)C. The van der Waals surface area contributed by atoms with Crippen molar-refractivity contribution in [3.63, 3.8) is 0 Å². The Labute approximate surface area is 80.7 Å². The van der Waals surface area contributed by atoms with Crippen LogP contribution in [0.2, 0.25) is 0 Å². The highest BCUT2D eigenvalue weighted by atomic mass is 31.2. The van der Waals surface area contributed by atoms with E-state index in [0.29, 0.717) is 6.61 Å². The fraction of sp³-hybridized carbons (Fsp3) is 0.750. The van der Waals surface area contributed by atoms with Gasteiger partial charge in [-0.2, -0.15) is 0 Å². The van der Waals surface area contributed by atoms with Crippen molar-refractivity contribution in [2.24, 2.45) is 0 Å². The minimum Gasteiger partial charge on any atom is -0.301 e. The maximum Gasteiger partial charge on any atom is 0.345 e. The molecule has 0 bridgehead atoms. The van der Waals surface area contributed by atoms with E-state index >= 15 is 0 Å². The molecule has 4 nitrogen and oxygen atoms in total. The van der Waals surface area contributed by atoms with E-state index in [1.165, 1.54) is 0 Å². The minimum atomic E-state index is -2.81. The van der Waals surface area contributed by atoms with Crippen molar-refractivity contribution in [3.8, 4) is 0 Å². The number of rotatable bonds is 5. The minimum absolute atomic E-state index is 0.327. The molecule has 0 aromatic rings. The molecule has 0 aromatic heterocycles. The van der Waals surface area contributed by atoms with Crippen LogP contribution in [-0.4, -0.2) is 44.1 Å². The van der Waals surface area contributed by atoms with Crippen molar-refractivity contribution in [3.05, 3.63) is 12.2 Å². The lowest BCUT2D eigenvalue weighted by atomic mass is 10.4. The Bertz CT molecular complexity index is 214. The molecule has 0 aromatic carbocycles. The van der Waals surface area contributed by atoms with Crippen molar-refractivity contribution >= 4 is 7.67 Å². The van der Waals surface area contributed by atoms with E-state index in [9.17, 15) is 4.57 Å². The summed E-state index contributed by atoms with van der Waals surface area (Å²) in [6, 6.07) is 0. The maximum atomic E-state index is 12.1. The summed E-state index contributed by atoms with van der Waals surface area (Å²) >= 11 is 0. The Balaban J connectivity index is 4.44. The van der Waals surface area contributed by atoms with Crippen LogP contribution in [0.25, 0.3) is 0 Å². The lowest BCUT2D eigenvalue weighted by Crippen LogP contribution is -2.23. The van der Waals surface area contributed by atoms with Gasteiger partial charge in [0.05, 0.1) is 6.61 Å². The second-order valence-electron chi connectivity index (χ2n) is 3.42. The summed E-state index contributed by atoms with van der Waals surface area (Å²) in [6.45, 7) is 5.86. The molecular weight excluding hydrogens is 187 g/mol. The zero-order chi connectivity index (χ0) is 10.6. The van der Waals surface area contributed by atoms with Crippen molar-refractivity contribution < 1.29 is 9.09 Å². The zero-order valence-corrected chi connectivity index (χ0v) is 9.97. The standard InChI is InChI=1S/C8H19N2O2P/c1-8(2)7-12-13(11,9(3)4)10(5)6/h1,7H2,2-6H3. The van der Waals surface area contributed by atoms with Crippen LogP contribution in [0.15, 0.2) is 12.2 Å². The van der Waals surface area contributed by atoms with E-state index in [0.717, 1.165) is 5.57 Å². The van der Waals surface area contributed by atoms with Gasteiger partial charge >= 0.3 is 7.67 Å². The number of hydrogen-bond acceptors (Lipinski definition) is 2. The molecule has 0 aliphatic rings. The predicted octanol–water partition coefficient (Wildman–Crippen LogP) is 1.81. The Hall–Kier alpha value is -0.150. The summed E-state index contributed by atoms with van der Waals surface area (Å²) in [5.74, 6) is 0. The summed E-state index contributed by atoms with van der Waals surface area (Å²) in [7, 11) is 4.13. The first kappa shape index (κ1) is 12.8. The Kier molecular flexibility index (Phi) is 4.86. The molecular formula is C8H19N2O2P. The highest BCUT2D eigenvalue weighted by molar-refractivity contribution is 7.53. The molecule has 0 saturated carbocycles. The summed E-state index contributed by atoms with van der Waals surface area (Å²) in [5.41, 5.74) is 0.865. The van der Waals surface area contributed by atoms with Gasteiger partial charge in [0, 0.05) is 0 Å². The van der Waals surface area contributed by atoms with Gasteiger partial charge in [-0.15, -0.1) is 0 Å². The molecule has 0 heterocycles. The van der Waals surface area contributed by atoms with Gasteiger partial charge in [-0.25, -0.2) is 9.34 Å². The third kappa shape index (κ3) is 3.61. The van der Waals surface area contributed by atoms with Crippen LogP contribution in [0.4, 0.5) is 0 Å². The second-order valence-corrected chi connectivity index (χ2v) is 6.25. The topological polar surface area (TPSA) is 32.8 Å². The predicted molar refractivity (Wildman–Crippen MR) is 55.7 cm³/mol. The van der Waals surface area contributed by atoms with E-state index in [1.54, 1.807) is 37.5 Å². The van der Waals surface area contributed by atoms with E-state index in [-0.39, 0.29) is 0 Å². The highest BCUT2D eigenvalue weighted by Crippen LogP contribution is 2.50. The van der Waals surface area contributed by atoms with Crippen LogP contribution in [0.3, 0.4) is 0 Å². The Morgan fingerprint density at radius 3 is 1.92 bits per heavy atom. The molecule has 0 amide bonds. The molecule has 0 rings (SSSR count). The van der Waals surface area contributed by atoms with Crippen LogP contribution in [-0.2, 0) is 9.09 Å². The molecule has 78 valence electrons. The second kappa shape index (κ2) is 4.91. The molecule has 0 fully saturated rings. The van der Waals surface area contributed by atoms with Crippen molar-refractivity contribution in [2.75, 3.05) is 34.8 Å². The monoisotopic (exact) mass is 206 g/mol. The molecule has 0 radical (unpaired) electrons. The van der Waals surface area contributed by atoms with Gasteiger partial charge in [0.2, 0.25) is 0 Å². The van der Waals surface area contributed by atoms with E-state index < -0.39 is 7.67 Å². The first-order valence-corrected chi connectivity index (χ1v) is 5.58. The van der Waals surface area contributed by atoms with Crippen molar-refractivity contribution in [1.82, 2.24) is 9.34 Å². The lowest BCUT2D eigenvalue weighted by Gasteiger charge is -2.29. The average molecular weight is 206 g/mol. The Morgan fingerprint density at radius 1 is 1.31 bits per heavy atom. The van der Waals surface area contributed by atoms with Crippen LogP contribution < -0.4 is 0 Å². The summed E-state index contributed by atoms with van der Waals surface area (Å²) in [4.78, 5) is 0. The van der Waals surface area contributed by atoms with Gasteiger partial charge in [-0.1, -0.05) is 12.2 Å². The molecule has 0 saturated heterocycles. The fourth-order valence-corrected chi connectivity index (χ4v) is 2.35. The van der Waals surface area contributed by atoms with Crippen LogP contribution >= 0.6 is 7.67 Å². The third-order valence-electron chi connectivity index (χ3n) is 1.49. The first-order valence-electron chi connectivity index (χ1n) is 4.05. The molecule has 0 aliphatic carbocycles. The van der Waals surface area contributed by atoms with Gasteiger partial charge in [0.1, 0.15) is 0 Å². The lowest BCUT2D eigenvalue weighted by molar-refractivity contribution is 0.265. The average Bonchev–Trinajstić information content (AvgIpc) is 1.99. The van der Waals surface area contributed by atoms with Gasteiger partial charge in [0.15, 0.2) is 0 Å². The zero-order valence-electron chi connectivity index (χ0n) is 9.07. The molecule has 13 heavy (non-hydrogen) atoms. The molecule has 5 heteroatoms. The van der Waals surface area contributed by atoms with Crippen LogP contribution in [0.5, 0.6) is 0 Å². The quantitative estimate of drug-likeness (QED) is 0.507. The van der Waals surface area contributed by atoms with Gasteiger partial charge < -0.3 is 4.52 Å². The highest BCUT2D eigenvalue weighted by Gasteiger charge is 2.29. The molecule has 0 atom stereocenters. The van der Waals surface area contributed by atoms with Crippen molar-refractivity contribution in [2.45, 2.75) is 6.92 Å². The van der Waals surface area contributed by atoms with Gasteiger partial charge in [-0.05, 0) is 35.1 Å². The summed E-state index contributed by atoms with van der Waals surface area (Å²) < 4.78 is 20.6. The molecule has 0 N–H and O–H groups in total. The van der Waals surface area contributed by atoms with Crippen LogP contribution in [0.1, 0.15) is 6.92 Å². The molecule has 0 aliphatic heterocycles. The van der Waals surface area contributed by atoms with Gasteiger partial charge in [-0.3, -0.25) is 4.57 Å². The third-order valence-corrected chi connectivity index (χ3v) is 3.98. The molecule has 0 unspecified atom stereocenters. The smallest absolute Gasteiger partial charge is 0.301 e.